The van der Waals surface area contributed by atoms with Crippen molar-refractivity contribution in [3.63, 3.8) is 0 Å². The molecule has 0 unspecified atom stereocenters. The van der Waals surface area contributed by atoms with Crippen LogP contribution in [0.25, 0.3) is 0 Å². The van der Waals surface area contributed by atoms with Gasteiger partial charge in [-0.05, 0) is 54.8 Å². The summed E-state index contributed by atoms with van der Waals surface area (Å²) in [5, 5.41) is 9.55. The van der Waals surface area contributed by atoms with Crippen molar-refractivity contribution in [3.8, 4) is 5.75 Å². The van der Waals surface area contributed by atoms with Gasteiger partial charge >= 0.3 is 0 Å². The van der Waals surface area contributed by atoms with Crippen molar-refractivity contribution in [2.45, 2.75) is 38.0 Å². The normalized spacial score (nSPS) is 19.0. The number of anilines is 1. The highest BCUT2D eigenvalue weighted by Crippen LogP contribution is 2.39. The number of nitrogens with one attached hydrogen (secondary N) is 1. The summed E-state index contributed by atoms with van der Waals surface area (Å²) in [6, 6.07) is 23.6. The lowest BCUT2D eigenvalue weighted by molar-refractivity contribution is -0.121. The number of nitrogens with zero attached hydrogens (tertiary/aromatic N) is 3. The zero-order valence-corrected chi connectivity index (χ0v) is 21.8. The molecule has 1 N–H and O–H groups in total. The fraction of sp³-hybridized carbons (Fsp3) is 0.241. The molecule has 0 spiro atoms. The number of benzene rings is 3. The number of aliphatic imine (C=N–C) groups is 1. The maximum Gasteiger partial charge on any atom is 0.262 e. The zero-order valence-electron chi connectivity index (χ0n) is 21.0. The first kappa shape index (κ1) is 24.8. The number of amides is 2. The van der Waals surface area contributed by atoms with Crippen LogP contribution < -0.4 is 10.1 Å². The van der Waals surface area contributed by atoms with Gasteiger partial charge in [0.25, 0.3) is 5.91 Å². The number of carbonyl (C=O) groups is 2. The highest BCUT2D eigenvalue weighted by molar-refractivity contribution is 8.15. The quantitative estimate of drug-likeness (QED) is 0.472. The third kappa shape index (κ3) is 5.59. The molecule has 2 aliphatic rings. The SMILES string of the molecule is COc1ccc([C@H]2CC(c3ccc(C)cc3)=NN2C2=NC(=O)[C@@H](CC(=O)Nc3cccc(C)c3)S2)cc1. The summed E-state index contributed by atoms with van der Waals surface area (Å²) in [6.45, 7) is 4.02. The Balaban J connectivity index is 1.35. The number of amidine groups is 1. The van der Waals surface area contributed by atoms with Crippen molar-refractivity contribution in [2.24, 2.45) is 10.1 Å². The van der Waals surface area contributed by atoms with E-state index >= 15 is 0 Å². The first-order valence-electron chi connectivity index (χ1n) is 12.1. The molecule has 0 aromatic heterocycles. The monoisotopic (exact) mass is 512 g/mol. The van der Waals surface area contributed by atoms with Gasteiger partial charge in [-0.15, -0.1) is 0 Å². The Morgan fingerprint density at radius 3 is 2.51 bits per heavy atom. The summed E-state index contributed by atoms with van der Waals surface area (Å²) in [5.74, 6) is 0.243. The lowest BCUT2D eigenvalue weighted by Gasteiger charge is -2.23. The van der Waals surface area contributed by atoms with E-state index < -0.39 is 5.25 Å². The number of hydrogen-bond donors (Lipinski definition) is 1. The molecule has 5 rings (SSSR count). The molecule has 3 aromatic carbocycles. The molecule has 188 valence electrons. The van der Waals surface area contributed by atoms with Crippen molar-refractivity contribution in [2.75, 3.05) is 12.4 Å². The lowest BCUT2D eigenvalue weighted by atomic mass is 9.98. The number of carbonyl (C=O) groups excluding carboxylic acids is 2. The van der Waals surface area contributed by atoms with Crippen LogP contribution >= 0.6 is 11.8 Å². The molecule has 0 saturated heterocycles. The van der Waals surface area contributed by atoms with Crippen molar-refractivity contribution in [1.29, 1.82) is 0 Å². The Morgan fingerprint density at radius 1 is 1.05 bits per heavy atom. The fourth-order valence-electron chi connectivity index (χ4n) is 4.40. The Kier molecular flexibility index (Phi) is 7.10. The molecule has 2 aliphatic heterocycles. The molecule has 0 fully saturated rings. The second kappa shape index (κ2) is 10.6. The smallest absolute Gasteiger partial charge is 0.262 e. The first-order chi connectivity index (χ1) is 17.9. The Morgan fingerprint density at radius 2 is 1.81 bits per heavy atom. The van der Waals surface area contributed by atoms with Crippen LogP contribution in [0, 0.1) is 13.8 Å². The molecule has 2 amide bonds. The molecule has 0 bridgehead atoms. The maximum atomic E-state index is 12.8. The van der Waals surface area contributed by atoms with Gasteiger partial charge in [0.1, 0.15) is 11.0 Å². The minimum Gasteiger partial charge on any atom is -0.497 e. The average molecular weight is 513 g/mol. The van der Waals surface area contributed by atoms with Gasteiger partial charge in [0.2, 0.25) is 5.91 Å². The van der Waals surface area contributed by atoms with Crippen LogP contribution in [0.3, 0.4) is 0 Å². The van der Waals surface area contributed by atoms with Crippen molar-refractivity contribution in [3.05, 3.63) is 95.1 Å². The summed E-state index contributed by atoms with van der Waals surface area (Å²) >= 11 is 1.30. The standard InChI is InChI=1S/C29H28N4O3S/c1-18-7-9-20(10-8-18)24-16-25(21-11-13-23(36-3)14-12-21)33(32-24)29-31-28(35)26(37-29)17-27(34)30-22-6-4-5-19(2)15-22/h4-15,25-26H,16-17H2,1-3H3,(H,30,34)/t25-,26-/m1/s1. The van der Waals surface area contributed by atoms with E-state index in [0.29, 0.717) is 17.3 Å². The highest BCUT2D eigenvalue weighted by atomic mass is 32.2. The van der Waals surface area contributed by atoms with E-state index in [1.807, 2.05) is 60.5 Å². The third-order valence-corrected chi connectivity index (χ3v) is 7.54. The van der Waals surface area contributed by atoms with Crippen LogP contribution in [0.4, 0.5) is 5.69 Å². The summed E-state index contributed by atoms with van der Waals surface area (Å²) in [7, 11) is 1.64. The Labute approximate surface area is 220 Å². The Hall–Kier alpha value is -3.91. The molecular formula is C29H28N4O3S. The van der Waals surface area contributed by atoms with E-state index in [9.17, 15) is 9.59 Å². The number of hydrogen-bond acceptors (Lipinski definition) is 6. The predicted octanol–water partition coefficient (Wildman–Crippen LogP) is 5.49. The second-order valence-corrected chi connectivity index (χ2v) is 10.4. The second-order valence-electron chi connectivity index (χ2n) is 9.21. The summed E-state index contributed by atoms with van der Waals surface area (Å²) < 4.78 is 5.32. The molecular weight excluding hydrogens is 484 g/mol. The lowest BCUT2D eigenvalue weighted by Crippen LogP contribution is -2.25. The number of hydrazone groups is 1. The number of rotatable bonds is 6. The number of methoxy groups -OCH3 is 1. The molecule has 0 aliphatic carbocycles. The molecule has 2 heterocycles. The van der Waals surface area contributed by atoms with Gasteiger partial charge in [0.15, 0.2) is 5.17 Å². The van der Waals surface area contributed by atoms with Gasteiger partial charge in [-0.2, -0.15) is 10.1 Å². The van der Waals surface area contributed by atoms with E-state index in [0.717, 1.165) is 28.2 Å². The minimum absolute atomic E-state index is 0.0417. The Bertz CT molecular complexity index is 1380. The topological polar surface area (TPSA) is 83.4 Å². The van der Waals surface area contributed by atoms with Crippen LogP contribution in [0.5, 0.6) is 5.75 Å². The van der Waals surface area contributed by atoms with E-state index in [1.165, 1.54) is 17.3 Å². The van der Waals surface area contributed by atoms with E-state index in [2.05, 4.69) is 41.5 Å². The number of ether oxygens (including phenoxy) is 1. The predicted molar refractivity (Wildman–Crippen MR) is 148 cm³/mol. The van der Waals surface area contributed by atoms with Crippen LogP contribution in [0.2, 0.25) is 0 Å². The summed E-state index contributed by atoms with van der Waals surface area (Å²) in [4.78, 5) is 29.8. The summed E-state index contributed by atoms with van der Waals surface area (Å²) in [5.41, 5.74) is 5.96. The van der Waals surface area contributed by atoms with E-state index in [-0.39, 0.29) is 24.3 Å². The largest absolute Gasteiger partial charge is 0.497 e. The highest BCUT2D eigenvalue weighted by Gasteiger charge is 2.39. The van der Waals surface area contributed by atoms with Gasteiger partial charge < -0.3 is 10.1 Å². The van der Waals surface area contributed by atoms with Crippen molar-refractivity contribution >= 4 is 40.1 Å². The molecule has 3 aromatic rings. The van der Waals surface area contributed by atoms with Crippen LogP contribution in [-0.2, 0) is 9.59 Å². The molecule has 0 radical (unpaired) electrons. The molecule has 8 heteroatoms. The fourth-order valence-corrected chi connectivity index (χ4v) is 5.46. The van der Waals surface area contributed by atoms with Crippen LogP contribution in [0.1, 0.15) is 41.1 Å². The van der Waals surface area contributed by atoms with Crippen LogP contribution in [-0.4, -0.2) is 40.1 Å². The molecule has 37 heavy (non-hydrogen) atoms. The first-order valence-corrected chi connectivity index (χ1v) is 13.0. The van der Waals surface area contributed by atoms with Gasteiger partial charge in [-0.3, -0.25) is 9.59 Å². The molecule has 2 atom stereocenters. The third-order valence-electron chi connectivity index (χ3n) is 6.39. The minimum atomic E-state index is -0.588. The number of thioether (sulfide) groups is 1. The van der Waals surface area contributed by atoms with Crippen LogP contribution in [0.15, 0.2) is 82.9 Å². The van der Waals surface area contributed by atoms with E-state index in [1.54, 1.807) is 7.11 Å². The zero-order chi connectivity index (χ0) is 25.9. The van der Waals surface area contributed by atoms with Gasteiger partial charge in [0.05, 0.1) is 18.9 Å². The average Bonchev–Trinajstić information content (AvgIpc) is 3.48. The van der Waals surface area contributed by atoms with Crippen molar-refractivity contribution < 1.29 is 14.3 Å². The maximum absolute atomic E-state index is 12.8. The van der Waals surface area contributed by atoms with E-state index in [4.69, 9.17) is 9.84 Å². The van der Waals surface area contributed by atoms with Gasteiger partial charge in [0, 0.05) is 18.5 Å². The molecule has 0 saturated carbocycles. The molecule has 7 nitrogen and oxygen atoms in total. The van der Waals surface area contributed by atoms with Gasteiger partial charge in [-0.1, -0.05) is 65.9 Å². The van der Waals surface area contributed by atoms with Crippen molar-refractivity contribution in [1.82, 2.24) is 5.01 Å². The van der Waals surface area contributed by atoms with Gasteiger partial charge in [-0.25, -0.2) is 5.01 Å². The summed E-state index contributed by atoms with van der Waals surface area (Å²) in [6.07, 6.45) is 0.710. The number of aryl methyl sites for hydroxylation is 2.